The van der Waals surface area contributed by atoms with Gasteiger partial charge in [0.25, 0.3) is 5.91 Å². The van der Waals surface area contributed by atoms with Crippen LogP contribution in [0, 0.1) is 18.8 Å². The van der Waals surface area contributed by atoms with Gasteiger partial charge < -0.3 is 16.2 Å². The van der Waals surface area contributed by atoms with Crippen LogP contribution in [0.15, 0.2) is 18.2 Å². The van der Waals surface area contributed by atoms with Crippen molar-refractivity contribution in [1.29, 1.82) is 0 Å². The van der Waals surface area contributed by atoms with Gasteiger partial charge in [-0.15, -0.1) is 0 Å². The normalized spacial score (nSPS) is 9.62. The Morgan fingerprint density at radius 2 is 2.05 bits per heavy atom. The fourth-order valence-electron chi connectivity index (χ4n) is 1.86. The number of hydrogen-bond acceptors (Lipinski definition) is 3. The van der Waals surface area contributed by atoms with E-state index in [1.807, 2.05) is 13.0 Å². The van der Waals surface area contributed by atoms with Crippen molar-refractivity contribution in [3.05, 3.63) is 34.9 Å². The van der Waals surface area contributed by atoms with Crippen LogP contribution in [0.1, 0.15) is 40.7 Å². The van der Waals surface area contributed by atoms with E-state index in [0.29, 0.717) is 36.9 Å². The third-order valence-corrected chi connectivity index (χ3v) is 2.79. The molecule has 21 heavy (non-hydrogen) atoms. The van der Waals surface area contributed by atoms with E-state index in [1.54, 1.807) is 12.1 Å². The molecule has 0 aliphatic carbocycles. The van der Waals surface area contributed by atoms with Crippen LogP contribution < -0.4 is 11.1 Å². The Kier molecular flexibility index (Phi) is 6.99. The number of aryl methyl sites for hydroxylation is 1. The fourth-order valence-corrected chi connectivity index (χ4v) is 1.86. The van der Waals surface area contributed by atoms with E-state index in [0.717, 1.165) is 5.56 Å². The summed E-state index contributed by atoms with van der Waals surface area (Å²) in [6.07, 6.45) is 1.70. The van der Waals surface area contributed by atoms with Crippen LogP contribution in [-0.2, 0) is 4.79 Å². The molecule has 2 amide bonds. The van der Waals surface area contributed by atoms with E-state index in [9.17, 15) is 9.59 Å². The Morgan fingerprint density at radius 1 is 1.29 bits per heavy atom. The Labute approximate surface area is 124 Å². The van der Waals surface area contributed by atoms with Gasteiger partial charge in [-0.3, -0.25) is 9.59 Å². The Balaban J connectivity index is 2.57. The molecular weight excluding hydrogens is 268 g/mol. The number of amides is 2. The molecule has 0 unspecified atom stereocenters. The molecule has 0 heterocycles. The van der Waals surface area contributed by atoms with Crippen molar-refractivity contribution in [1.82, 2.24) is 5.32 Å². The van der Waals surface area contributed by atoms with Crippen molar-refractivity contribution < 1.29 is 14.7 Å². The molecular formula is C16H20N2O3. The molecule has 0 fully saturated rings. The van der Waals surface area contributed by atoms with Gasteiger partial charge in [0.1, 0.15) is 6.61 Å². The molecule has 4 N–H and O–H groups in total. The second kappa shape index (κ2) is 8.77. The molecule has 1 aromatic carbocycles. The number of nitrogens with one attached hydrogen (secondary N) is 1. The molecule has 0 saturated carbocycles. The van der Waals surface area contributed by atoms with Gasteiger partial charge in [-0.05, 0) is 43.5 Å². The predicted molar refractivity (Wildman–Crippen MR) is 80.5 cm³/mol. The summed E-state index contributed by atoms with van der Waals surface area (Å²) in [5.41, 5.74) is 7.20. The van der Waals surface area contributed by atoms with Gasteiger partial charge in [0.15, 0.2) is 0 Å². The second-order valence-corrected chi connectivity index (χ2v) is 4.73. The zero-order chi connectivity index (χ0) is 15.7. The third-order valence-electron chi connectivity index (χ3n) is 2.79. The lowest BCUT2D eigenvalue weighted by Gasteiger charge is -2.06. The first-order valence-electron chi connectivity index (χ1n) is 6.81. The maximum Gasteiger partial charge on any atom is 0.251 e. The van der Waals surface area contributed by atoms with Crippen LogP contribution >= 0.6 is 0 Å². The van der Waals surface area contributed by atoms with Crippen molar-refractivity contribution >= 4 is 11.8 Å². The molecule has 0 atom stereocenters. The number of carbonyl (C=O) groups excluding carboxylic acids is 2. The average Bonchev–Trinajstić information content (AvgIpc) is 2.43. The lowest BCUT2D eigenvalue weighted by atomic mass is 10.1. The first-order valence-corrected chi connectivity index (χ1v) is 6.81. The minimum Gasteiger partial charge on any atom is -0.384 e. The van der Waals surface area contributed by atoms with Crippen LogP contribution in [0.2, 0.25) is 0 Å². The minimum absolute atomic E-state index is 0.176. The second-order valence-electron chi connectivity index (χ2n) is 4.73. The van der Waals surface area contributed by atoms with E-state index in [1.165, 1.54) is 0 Å². The molecule has 5 heteroatoms. The summed E-state index contributed by atoms with van der Waals surface area (Å²) in [5.74, 6) is 4.84. The van der Waals surface area contributed by atoms with Crippen LogP contribution in [-0.4, -0.2) is 30.1 Å². The van der Waals surface area contributed by atoms with Gasteiger partial charge in [0, 0.05) is 24.1 Å². The highest BCUT2D eigenvalue weighted by Gasteiger charge is 2.06. The van der Waals surface area contributed by atoms with Gasteiger partial charge in [0.2, 0.25) is 5.91 Å². The van der Waals surface area contributed by atoms with Gasteiger partial charge in [-0.2, -0.15) is 0 Å². The summed E-state index contributed by atoms with van der Waals surface area (Å²) in [4.78, 5) is 22.6. The summed E-state index contributed by atoms with van der Waals surface area (Å²) >= 11 is 0. The Morgan fingerprint density at radius 3 is 2.71 bits per heavy atom. The Hall–Kier alpha value is -2.32. The summed E-state index contributed by atoms with van der Waals surface area (Å²) in [6, 6.07) is 5.32. The van der Waals surface area contributed by atoms with Gasteiger partial charge in [0.05, 0.1) is 0 Å². The molecule has 1 rings (SSSR count). The number of benzene rings is 1. The first-order chi connectivity index (χ1) is 10.0. The number of hydrogen-bond donors (Lipinski definition) is 3. The summed E-state index contributed by atoms with van der Waals surface area (Å²) in [7, 11) is 0. The van der Waals surface area contributed by atoms with Gasteiger partial charge >= 0.3 is 0 Å². The maximum absolute atomic E-state index is 12.0. The number of nitrogens with two attached hydrogens (primary N) is 1. The van der Waals surface area contributed by atoms with Crippen molar-refractivity contribution in [2.45, 2.75) is 26.2 Å². The number of aliphatic hydroxyl groups is 1. The minimum atomic E-state index is -0.327. The van der Waals surface area contributed by atoms with E-state index in [2.05, 4.69) is 17.2 Å². The molecule has 0 bridgehead atoms. The van der Waals surface area contributed by atoms with Crippen LogP contribution in [0.4, 0.5) is 0 Å². The average molecular weight is 288 g/mol. The summed E-state index contributed by atoms with van der Waals surface area (Å²) < 4.78 is 0. The summed E-state index contributed by atoms with van der Waals surface area (Å²) in [5, 5.41) is 11.5. The topological polar surface area (TPSA) is 92.4 Å². The van der Waals surface area contributed by atoms with Crippen LogP contribution in [0.3, 0.4) is 0 Å². The Bertz CT molecular complexity index is 571. The van der Waals surface area contributed by atoms with Crippen molar-refractivity contribution in [2.75, 3.05) is 13.2 Å². The molecule has 0 saturated heterocycles. The largest absolute Gasteiger partial charge is 0.384 e. The molecule has 0 radical (unpaired) electrons. The monoisotopic (exact) mass is 288 g/mol. The number of rotatable bonds is 6. The molecule has 0 aromatic heterocycles. The number of carbonyl (C=O) groups is 2. The van der Waals surface area contributed by atoms with E-state index < -0.39 is 0 Å². The number of aliphatic hydroxyl groups excluding tert-OH is 1. The molecule has 0 spiro atoms. The highest BCUT2D eigenvalue weighted by Crippen LogP contribution is 2.09. The lowest BCUT2D eigenvalue weighted by Crippen LogP contribution is -2.25. The van der Waals surface area contributed by atoms with Crippen LogP contribution in [0.5, 0.6) is 0 Å². The van der Waals surface area contributed by atoms with Gasteiger partial charge in [-0.1, -0.05) is 11.8 Å². The zero-order valence-electron chi connectivity index (χ0n) is 12.1. The first kappa shape index (κ1) is 16.7. The molecule has 1 aromatic rings. The standard InChI is InChI=1S/C16H20N2O3/c1-12-9-13(5-4-8-19)11-14(10-12)16(21)18-7-3-2-6-15(17)20/h9-11,19H,2-3,6-8H2,1H3,(H2,17,20)(H,18,21). The molecule has 0 aliphatic heterocycles. The molecule has 112 valence electrons. The van der Waals surface area contributed by atoms with Crippen molar-refractivity contribution in [3.63, 3.8) is 0 Å². The van der Waals surface area contributed by atoms with E-state index in [4.69, 9.17) is 10.8 Å². The highest BCUT2D eigenvalue weighted by molar-refractivity contribution is 5.94. The lowest BCUT2D eigenvalue weighted by molar-refractivity contribution is -0.118. The number of unbranched alkanes of at least 4 members (excludes halogenated alkanes) is 1. The molecule has 5 nitrogen and oxygen atoms in total. The molecule has 0 aliphatic rings. The zero-order valence-corrected chi connectivity index (χ0v) is 12.1. The van der Waals surface area contributed by atoms with E-state index in [-0.39, 0.29) is 18.4 Å². The third kappa shape index (κ3) is 6.59. The smallest absolute Gasteiger partial charge is 0.251 e. The maximum atomic E-state index is 12.0. The highest BCUT2D eigenvalue weighted by atomic mass is 16.2. The predicted octanol–water partition coefficient (Wildman–Crippen LogP) is 0.724. The number of primary amides is 1. The summed E-state index contributed by atoms with van der Waals surface area (Å²) in [6.45, 7) is 2.17. The van der Waals surface area contributed by atoms with Crippen molar-refractivity contribution in [3.8, 4) is 11.8 Å². The quantitative estimate of drug-likeness (QED) is 0.532. The SMILES string of the molecule is Cc1cc(C#CCO)cc(C(=O)NCCCCC(N)=O)c1. The van der Waals surface area contributed by atoms with E-state index >= 15 is 0 Å². The van der Waals surface area contributed by atoms with Crippen LogP contribution in [0.25, 0.3) is 0 Å². The van der Waals surface area contributed by atoms with Gasteiger partial charge in [-0.25, -0.2) is 0 Å². The fraction of sp³-hybridized carbons (Fsp3) is 0.375. The van der Waals surface area contributed by atoms with Crippen molar-refractivity contribution in [2.24, 2.45) is 5.73 Å².